The Morgan fingerprint density at radius 2 is 1.79 bits per heavy atom. The van der Waals surface area contributed by atoms with Crippen LogP contribution in [0.1, 0.15) is 21.7 Å². The van der Waals surface area contributed by atoms with Crippen molar-refractivity contribution in [3.8, 4) is 0 Å². The molecule has 1 aromatic carbocycles. The summed E-state index contributed by atoms with van der Waals surface area (Å²) in [5, 5.41) is 2.25. The minimum absolute atomic E-state index is 0.0262. The van der Waals surface area contributed by atoms with Crippen molar-refractivity contribution in [3.63, 3.8) is 0 Å². The van der Waals surface area contributed by atoms with Gasteiger partial charge in [-0.05, 0) is 24.3 Å². The minimum atomic E-state index is -4.50. The fourth-order valence-corrected chi connectivity index (χ4v) is 1.95. The number of nitrogens with one attached hydrogen (secondary N) is 1. The number of benzene rings is 1. The quantitative estimate of drug-likeness (QED) is 0.691. The molecule has 1 heterocycles. The van der Waals surface area contributed by atoms with Crippen LogP contribution in [0, 0.1) is 0 Å². The number of amides is 1. The van der Waals surface area contributed by atoms with Crippen LogP contribution in [0.15, 0.2) is 24.3 Å². The molecule has 2 rings (SSSR count). The number of rotatable bonds is 6. The molecular weight excluding hydrogens is 381 g/mol. The van der Waals surface area contributed by atoms with Gasteiger partial charge in [-0.1, -0.05) is 0 Å². The average Bonchev–Trinajstić information content (AvgIpc) is 2.63. The number of aromatic nitrogens is 3. The number of nitrogens with zero attached hydrogens (tertiary/aromatic N) is 4. The highest BCUT2D eigenvalue weighted by atomic mass is 19.4. The lowest BCUT2D eigenvalue weighted by Crippen LogP contribution is -2.30. The third-order valence-electron chi connectivity index (χ3n) is 3.32. The van der Waals surface area contributed by atoms with E-state index in [9.17, 15) is 22.8 Å². The summed E-state index contributed by atoms with van der Waals surface area (Å²) in [6.45, 7) is -0.774. The maximum absolute atomic E-state index is 12.5. The molecule has 0 unspecified atom stereocenters. The third kappa shape index (κ3) is 5.79. The number of hydrogen-bond donors (Lipinski definition) is 2. The molecule has 12 heteroatoms. The highest BCUT2D eigenvalue weighted by Gasteiger charge is 2.30. The number of nitrogens with two attached hydrogens (primary N) is 1. The molecule has 28 heavy (non-hydrogen) atoms. The monoisotopic (exact) mass is 398 g/mol. The van der Waals surface area contributed by atoms with Gasteiger partial charge in [-0.2, -0.15) is 28.1 Å². The van der Waals surface area contributed by atoms with Gasteiger partial charge in [0.05, 0.1) is 5.56 Å². The number of anilines is 2. The van der Waals surface area contributed by atoms with E-state index in [0.29, 0.717) is 0 Å². The van der Waals surface area contributed by atoms with Crippen LogP contribution in [0.4, 0.5) is 25.1 Å². The van der Waals surface area contributed by atoms with Crippen molar-refractivity contribution in [2.24, 2.45) is 0 Å². The SMILES string of the molecule is CN(C)c1nc(N)nc(COC(=O)CNC(=O)c2ccc(C(F)(F)F)cc2)n1. The summed E-state index contributed by atoms with van der Waals surface area (Å²) in [6, 6.07) is 3.58. The van der Waals surface area contributed by atoms with Gasteiger partial charge in [0, 0.05) is 19.7 Å². The molecule has 0 saturated carbocycles. The van der Waals surface area contributed by atoms with Gasteiger partial charge in [0.2, 0.25) is 11.9 Å². The summed E-state index contributed by atoms with van der Waals surface area (Å²) in [5.41, 5.74) is 4.64. The van der Waals surface area contributed by atoms with Crippen LogP contribution in [-0.4, -0.2) is 47.5 Å². The lowest BCUT2D eigenvalue weighted by Gasteiger charge is -2.11. The Morgan fingerprint density at radius 3 is 2.36 bits per heavy atom. The second-order valence-corrected chi connectivity index (χ2v) is 5.72. The summed E-state index contributed by atoms with van der Waals surface area (Å²) in [6.07, 6.45) is -4.50. The predicted octanol–water partition coefficient (Wildman–Crippen LogP) is 1.01. The van der Waals surface area contributed by atoms with Crippen molar-refractivity contribution in [2.75, 3.05) is 31.3 Å². The average molecular weight is 398 g/mol. The largest absolute Gasteiger partial charge is 0.456 e. The number of nitrogen functional groups attached to an aromatic ring is 1. The van der Waals surface area contributed by atoms with Crippen LogP contribution in [0.2, 0.25) is 0 Å². The lowest BCUT2D eigenvalue weighted by atomic mass is 10.1. The normalized spacial score (nSPS) is 11.0. The molecule has 0 aliphatic carbocycles. The molecule has 0 atom stereocenters. The Bertz CT molecular complexity index is 856. The van der Waals surface area contributed by atoms with Crippen LogP contribution in [0.3, 0.4) is 0 Å². The zero-order valence-corrected chi connectivity index (χ0v) is 14.9. The molecule has 0 radical (unpaired) electrons. The topological polar surface area (TPSA) is 123 Å². The molecule has 150 valence electrons. The molecular formula is C16H17F3N6O3. The summed E-state index contributed by atoms with van der Waals surface area (Å²) in [7, 11) is 3.39. The highest BCUT2D eigenvalue weighted by molar-refractivity contribution is 5.95. The standard InChI is InChI=1S/C16H17F3N6O3/c1-25(2)15-23-11(22-14(20)24-15)8-28-12(26)7-21-13(27)9-3-5-10(6-4-9)16(17,18)19/h3-6H,7-8H2,1-2H3,(H,21,27)(H2,20,22,23,24). The zero-order chi connectivity index (χ0) is 20.9. The molecule has 0 fully saturated rings. The highest BCUT2D eigenvalue weighted by Crippen LogP contribution is 2.29. The number of alkyl halides is 3. The van der Waals surface area contributed by atoms with Gasteiger partial charge >= 0.3 is 12.1 Å². The molecule has 3 N–H and O–H groups in total. The summed E-state index contributed by atoms with van der Waals surface area (Å²) in [4.78, 5) is 37.0. The van der Waals surface area contributed by atoms with Crippen LogP contribution in [0.5, 0.6) is 0 Å². The van der Waals surface area contributed by atoms with E-state index in [4.69, 9.17) is 10.5 Å². The molecule has 2 aromatic rings. The zero-order valence-electron chi connectivity index (χ0n) is 14.9. The first kappa shape index (κ1) is 20.9. The Hall–Kier alpha value is -3.44. The van der Waals surface area contributed by atoms with E-state index < -0.39 is 30.2 Å². The van der Waals surface area contributed by atoms with Gasteiger partial charge < -0.3 is 20.7 Å². The van der Waals surface area contributed by atoms with Gasteiger partial charge in [-0.25, -0.2) is 0 Å². The lowest BCUT2D eigenvalue weighted by molar-refractivity contribution is -0.144. The van der Waals surface area contributed by atoms with Gasteiger partial charge in [0.15, 0.2) is 12.4 Å². The van der Waals surface area contributed by atoms with E-state index in [0.717, 1.165) is 24.3 Å². The maximum atomic E-state index is 12.5. The van der Waals surface area contributed by atoms with Gasteiger partial charge in [-0.3, -0.25) is 9.59 Å². The predicted molar refractivity (Wildman–Crippen MR) is 92.1 cm³/mol. The summed E-state index contributed by atoms with van der Waals surface area (Å²) < 4.78 is 42.5. The van der Waals surface area contributed by atoms with Crippen LogP contribution in [0.25, 0.3) is 0 Å². The molecule has 0 aliphatic heterocycles. The first-order valence-electron chi connectivity index (χ1n) is 7.85. The smallest absolute Gasteiger partial charge is 0.416 e. The van der Waals surface area contributed by atoms with E-state index in [-0.39, 0.29) is 29.9 Å². The number of esters is 1. The van der Waals surface area contributed by atoms with Crippen LogP contribution < -0.4 is 16.0 Å². The Balaban J connectivity index is 1.86. The van der Waals surface area contributed by atoms with E-state index in [1.54, 1.807) is 19.0 Å². The van der Waals surface area contributed by atoms with Crippen molar-refractivity contribution in [3.05, 3.63) is 41.2 Å². The van der Waals surface area contributed by atoms with Gasteiger partial charge in [-0.15, -0.1) is 0 Å². The van der Waals surface area contributed by atoms with Crippen molar-refractivity contribution in [2.45, 2.75) is 12.8 Å². The van der Waals surface area contributed by atoms with E-state index in [1.807, 2.05) is 0 Å². The fraction of sp³-hybridized carbons (Fsp3) is 0.312. The number of hydrogen-bond acceptors (Lipinski definition) is 8. The Morgan fingerprint density at radius 1 is 1.14 bits per heavy atom. The molecule has 0 bridgehead atoms. The minimum Gasteiger partial charge on any atom is -0.456 e. The van der Waals surface area contributed by atoms with E-state index in [2.05, 4.69) is 20.3 Å². The first-order valence-corrected chi connectivity index (χ1v) is 7.85. The van der Waals surface area contributed by atoms with Crippen LogP contribution >= 0.6 is 0 Å². The van der Waals surface area contributed by atoms with Crippen molar-refractivity contribution in [1.82, 2.24) is 20.3 Å². The Labute approximate surface area is 157 Å². The third-order valence-corrected chi connectivity index (χ3v) is 3.32. The Kier molecular flexibility index (Phi) is 6.33. The number of halogens is 3. The number of carbonyl (C=O) groups excluding carboxylic acids is 2. The second-order valence-electron chi connectivity index (χ2n) is 5.72. The molecule has 1 aromatic heterocycles. The fourth-order valence-electron chi connectivity index (χ4n) is 1.95. The van der Waals surface area contributed by atoms with Crippen LogP contribution in [-0.2, 0) is 22.3 Å². The van der Waals surface area contributed by atoms with E-state index in [1.165, 1.54) is 0 Å². The summed E-state index contributed by atoms with van der Waals surface area (Å²) >= 11 is 0. The van der Waals surface area contributed by atoms with Crippen molar-refractivity contribution in [1.29, 1.82) is 0 Å². The molecule has 0 spiro atoms. The molecule has 0 aliphatic rings. The number of ether oxygens (including phenoxy) is 1. The summed E-state index contributed by atoms with van der Waals surface area (Å²) in [5.74, 6) is -1.14. The number of carbonyl (C=O) groups is 2. The van der Waals surface area contributed by atoms with Crippen molar-refractivity contribution < 1.29 is 27.5 Å². The van der Waals surface area contributed by atoms with Crippen molar-refractivity contribution >= 4 is 23.8 Å². The molecule has 9 nitrogen and oxygen atoms in total. The van der Waals surface area contributed by atoms with Gasteiger partial charge in [0.1, 0.15) is 6.54 Å². The second kappa shape index (κ2) is 8.50. The van der Waals surface area contributed by atoms with E-state index >= 15 is 0 Å². The van der Waals surface area contributed by atoms with Gasteiger partial charge in [0.25, 0.3) is 5.91 Å². The molecule has 0 saturated heterocycles. The molecule has 1 amide bonds. The maximum Gasteiger partial charge on any atom is 0.416 e. The first-order chi connectivity index (χ1) is 13.1.